The van der Waals surface area contributed by atoms with E-state index in [2.05, 4.69) is 17.0 Å². The van der Waals surface area contributed by atoms with Crippen molar-refractivity contribution < 1.29 is 5.11 Å². The van der Waals surface area contributed by atoms with Crippen LogP contribution in [0.2, 0.25) is 0 Å². The zero-order valence-electron chi connectivity index (χ0n) is 14.8. The highest BCUT2D eigenvalue weighted by atomic mass is 16.3. The summed E-state index contributed by atoms with van der Waals surface area (Å²) < 4.78 is 0. The summed E-state index contributed by atoms with van der Waals surface area (Å²) in [6, 6.07) is 30.2. The number of nitrogens with zero attached hydrogens (tertiary/aromatic N) is 1. The molecule has 3 aromatic carbocycles. The topological polar surface area (TPSA) is 23.5 Å². The molecule has 0 fully saturated rings. The van der Waals surface area contributed by atoms with Crippen LogP contribution in [0.5, 0.6) is 0 Å². The molecule has 0 aromatic heterocycles. The van der Waals surface area contributed by atoms with Crippen molar-refractivity contribution in [2.24, 2.45) is 0 Å². The zero-order valence-corrected chi connectivity index (χ0v) is 14.8. The summed E-state index contributed by atoms with van der Waals surface area (Å²) in [6.45, 7) is 0. The van der Waals surface area contributed by atoms with E-state index in [4.69, 9.17) is 0 Å². The summed E-state index contributed by atoms with van der Waals surface area (Å²) in [7, 11) is 4.06. The Hall–Kier alpha value is -2.42. The maximum Gasteiger partial charge on any atom is 0.130 e. The van der Waals surface area contributed by atoms with Crippen molar-refractivity contribution in [2.45, 2.75) is 18.1 Å². The Bertz CT molecular complexity index is 729. The number of likely N-dealkylation sites (N-methyl/N-ethyl adjacent to an activating group) is 1. The average molecular weight is 331 g/mol. The predicted molar refractivity (Wildman–Crippen MR) is 104 cm³/mol. The number of benzene rings is 3. The van der Waals surface area contributed by atoms with E-state index in [1.165, 1.54) is 5.56 Å². The number of hydrogen-bond acceptors (Lipinski definition) is 2. The molecule has 0 saturated carbocycles. The summed E-state index contributed by atoms with van der Waals surface area (Å²) in [5.74, 6) is 0. The molecular weight excluding hydrogens is 306 g/mol. The summed E-state index contributed by atoms with van der Waals surface area (Å²) in [6.07, 6.45) is 0.758. The van der Waals surface area contributed by atoms with Gasteiger partial charge in [-0.25, -0.2) is 0 Å². The minimum Gasteiger partial charge on any atom is -0.379 e. The first kappa shape index (κ1) is 17.4. The van der Waals surface area contributed by atoms with Gasteiger partial charge in [-0.2, -0.15) is 0 Å². The Labute approximate surface area is 150 Å². The second kappa shape index (κ2) is 7.64. The largest absolute Gasteiger partial charge is 0.379 e. The fraction of sp³-hybridized carbons (Fsp3) is 0.217. The van der Waals surface area contributed by atoms with Gasteiger partial charge in [-0.3, -0.25) is 0 Å². The number of hydrogen-bond donors (Lipinski definition) is 1. The first-order valence-corrected chi connectivity index (χ1v) is 8.66. The highest BCUT2D eigenvalue weighted by molar-refractivity contribution is 5.39. The summed E-state index contributed by atoms with van der Waals surface area (Å²) in [4.78, 5) is 2.12. The van der Waals surface area contributed by atoms with Crippen LogP contribution in [0, 0.1) is 0 Å². The van der Waals surface area contributed by atoms with Gasteiger partial charge in [0, 0.05) is 0 Å². The SMILES string of the molecule is CN(C)C(Cc1ccccc1)C(O)(c1ccccc1)c1ccccc1. The van der Waals surface area contributed by atoms with Crippen molar-refractivity contribution in [3.05, 3.63) is 108 Å². The maximum atomic E-state index is 12.0. The standard InChI is InChI=1S/C23H25NO/c1-24(2)22(18-19-12-6-3-7-13-19)23(25,20-14-8-4-9-15-20)21-16-10-5-11-17-21/h3-17,22,25H,18H2,1-2H3. The van der Waals surface area contributed by atoms with Crippen molar-refractivity contribution in [3.8, 4) is 0 Å². The van der Waals surface area contributed by atoms with Gasteiger partial charge in [0.25, 0.3) is 0 Å². The monoisotopic (exact) mass is 331 g/mol. The van der Waals surface area contributed by atoms with Crippen molar-refractivity contribution in [2.75, 3.05) is 14.1 Å². The van der Waals surface area contributed by atoms with Crippen LogP contribution in [-0.2, 0) is 12.0 Å². The van der Waals surface area contributed by atoms with Crippen LogP contribution in [0.25, 0.3) is 0 Å². The van der Waals surface area contributed by atoms with Gasteiger partial charge in [-0.05, 0) is 37.2 Å². The second-order valence-electron chi connectivity index (χ2n) is 6.67. The molecule has 2 heteroatoms. The van der Waals surface area contributed by atoms with Gasteiger partial charge in [0.15, 0.2) is 0 Å². The minimum atomic E-state index is -1.10. The molecule has 0 aliphatic carbocycles. The van der Waals surface area contributed by atoms with E-state index in [1.807, 2.05) is 93.0 Å². The molecule has 0 saturated heterocycles. The van der Waals surface area contributed by atoms with Crippen molar-refractivity contribution in [1.29, 1.82) is 0 Å². The minimum absolute atomic E-state index is 0.0975. The van der Waals surface area contributed by atoms with Gasteiger partial charge < -0.3 is 10.0 Å². The van der Waals surface area contributed by atoms with Gasteiger partial charge in [-0.15, -0.1) is 0 Å². The fourth-order valence-corrected chi connectivity index (χ4v) is 3.48. The molecule has 2 nitrogen and oxygen atoms in total. The molecule has 25 heavy (non-hydrogen) atoms. The second-order valence-corrected chi connectivity index (χ2v) is 6.67. The van der Waals surface area contributed by atoms with E-state index in [1.54, 1.807) is 0 Å². The Balaban J connectivity index is 2.11. The van der Waals surface area contributed by atoms with Gasteiger partial charge >= 0.3 is 0 Å². The van der Waals surface area contributed by atoms with E-state index in [0.717, 1.165) is 17.5 Å². The average Bonchev–Trinajstić information content (AvgIpc) is 2.67. The molecule has 0 amide bonds. The molecule has 0 bridgehead atoms. The number of aliphatic hydroxyl groups is 1. The molecule has 1 unspecified atom stereocenters. The number of rotatable bonds is 6. The summed E-state index contributed by atoms with van der Waals surface area (Å²) in [5, 5.41) is 12.0. The predicted octanol–water partition coefficient (Wildman–Crippen LogP) is 4.10. The van der Waals surface area contributed by atoms with Crippen LogP contribution in [-0.4, -0.2) is 30.1 Å². The Morgan fingerprint density at radius 3 is 1.52 bits per heavy atom. The third-order valence-electron chi connectivity index (χ3n) is 4.81. The van der Waals surface area contributed by atoms with E-state index in [0.29, 0.717) is 0 Å². The van der Waals surface area contributed by atoms with Crippen LogP contribution < -0.4 is 0 Å². The third kappa shape index (κ3) is 3.65. The molecule has 0 heterocycles. The van der Waals surface area contributed by atoms with Crippen LogP contribution in [0.3, 0.4) is 0 Å². The van der Waals surface area contributed by atoms with E-state index in [-0.39, 0.29) is 6.04 Å². The lowest BCUT2D eigenvalue weighted by molar-refractivity contribution is -0.00316. The first-order valence-electron chi connectivity index (χ1n) is 8.66. The van der Waals surface area contributed by atoms with Gasteiger partial charge in [0.2, 0.25) is 0 Å². The highest BCUT2D eigenvalue weighted by Crippen LogP contribution is 2.36. The van der Waals surface area contributed by atoms with Crippen LogP contribution in [0.1, 0.15) is 16.7 Å². The Kier molecular flexibility index (Phi) is 5.32. The molecule has 3 rings (SSSR count). The smallest absolute Gasteiger partial charge is 0.130 e. The summed E-state index contributed by atoms with van der Waals surface area (Å²) in [5.41, 5.74) is 1.94. The molecule has 0 aliphatic rings. The van der Waals surface area contributed by atoms with Crippen LogP contribution in [0.4, 0.5) is 0 Å². The normalized spacial score (nSPS) is 13.0. The summed E-state index contributed by atoms with van der Waals surface area (Å²) >= 11 is 0. The van der Waals surface area contributed by atoms with Gasteiger partial charge in [0.05, 0.1) is 6.04 Å². The molecule has 1 N–H and O–H groups in total. The molecular formula is C23H25NO. The van der Waals surface area contributed by atoms with Crippen molar-refractivity contribution in [3.63, 3.8) is 0 Å². The first-order chi connectivity index (χ1) is 12.1. The maximum absolute atomic E-state index is 12.0. The quantitative estimate of drug-likeness (QED) is 0.735. The molecule has 3 aromatic rings. The lowest BCUT2D eigenvalue weighted by Gasteiger charge is -2.41. The molecule has 0 aliphatic heterocycles. The van der Waals surface area contributed by atoms with Gasteiger partial charge in [-0.1, -0.05) is 91.0 Å². The van der Waals surface area contributed by atoms with E-state index < -0.39 is 5.60 Å². The molecule has 1 atom stereocenters. The fourth-order valence-electron chi connectivity index (χ4n) is 3.48. The van der Waals surface area contributed by atoms with Gasteiger partial charge in [0.1, 0.15) is 5.60 Å². The molecule has 0 spiro atoms. The highest BCUT2D eigenvalue weighted by Gasteiger charge is 2.41. The third-order valence-corrected chi connectivity index (χ3v) is 4.81. The Morgan fingerprint density at radius 1 is 0.720 bits per heavy atom. The van der Waals surface area contributed by atoms with Crippen LogP contribution in [0.15, 0.2) is 91.0 Å². The van der Waals surface area contributed by atoms with E-state index in [9.17, 15) is 5.11 Å². The molecule has 128 valence electrons. The zero-order chi connectivity index (χ0) is 17.7. The lowest BCUT2D eigenvalue weighted by atomic mass is 9.77. The van der Waals surface area contributed by atoms with E-state index >= 15 is 0 Å². The van der Waals surface area contributed by atoms with Crippen molar-refractivity contribution in [1.82, 2.24) is 4.90 Å². The Morgan fingerprint density at radius 2 is 1.12 bits per heavy atom. The van der Waals surface area contributed by atoms with Crippen LogP contribution >= 0.6 is 0 Å². The van der Waals surface area contributed by atoms with Crippen molar-refractivity contribution >= 4 is 0 Å². The molecule has 0 radical (unpaired) electrons. The lowest BCUT2D eigenvalue weighted by Crippen LogP contribution is -2.50.